The van der Waals surface area contributed by atoms with Crippen molar-refractivity contribution in [2.75, 3.05) is 0 Å². The number of hydrogen-bond donors (Lipinski definition) is 0. The molecule has 0 N–H and O–H groups in total. The molecule has 96 valence electrons. The molecule has 2 nitrogen and oxygen atoms in total. The van der Waals surface area contributed by atoms with Crippen LogP contribution < -0.4 is 0 Å². The van der Waals surface area contributed by atoms with Crippen LogP contribution in [0.1, 0.15) is 50.8 Å². The van der Waals surface area contributed by atoms with Crippen LogP contribution in [0, 0.1) is 5.82 Å². The highest BCUT2D eigenvalue weighted by atomic mass is 19.1. The van der Waals surface area contributed by atoms with Crippen LogP contribution in [0.25, 0.3) is 11.5 Å². The van der Waals surface area contributed by atoms with Gasteiger partial charge in [0.1, 0.15) is 12.1 Å². The molecule has 0 radical (unpaired) electrons. The van der Waals surface area contributed by atoms with Crippen LogP contribution >= 0.6 is 0 Å². The summed E-state index contributed by atoms with van der Waals surface area (Å²) in [6, 6.07) is 4.77. The van der Waals surface area contributed by atoms with Crippen molar-refractivity contribution in [2.45, 2.75) is 39.5 Å². The van der Waals surface area contributed by atoms with E-state index in [9.17, 15) is 4.39 Å². The molecule has 0 saturated heterocycles. The number of halogens is 1. The van der Waals surface area contributed by atoms with E-state index >= 15 is 0 Å². The molecule has 1 heterocycles. The van der Waals surface area contributed by atoms with E-state index in [0.29, 0.717) is 17.7 Å². The maximum atomic E-state index is 13.4. The highest BCUT2D eigenvalue weighted by Gasteiger charge is 2.15. The maximum Gasteiger partial charge on any atom is 0.226 e. The minimum atomic E-state index is -0.265. The van der Waals surface area contributed by atoms with Crippen LogP contribution in [0.4, 0.5) is 4.39 Å². The van der Waals surface area contributed by atoms with Gasteiger partial charge in [-0.1, -0.05) is 33.8 Å². The lowest BCUT2D eigenvalue weighted by atomic mass is 9.97. The summed E-state index contributed by atoms with van der Waals surface area (Å²) in [6.45, 7) is 8.25. The van der Waals surface area contributed by atoms with Gasteiger partial charge in [-0.05, 0) is 29.5 Å². The Labute approximate surface area is 107 Å². The topological polar surface area (TPSA) is 26.0 Å². The number of rotatable bonds is 3. The molecule has 0 unspecified atom stereocenters. The average Bonchev–Trinajstić information content (AvgIpc) is 2.77. The first-order valence-corrected chi connectivity index (χ1v) is 6.24. The summed E-state index contributed by atoms with van der Waals surface area (Å²) in [5, 5.41) is 0. The van der Waals surface area contributed by atoms with Crippen LogP contribution in [0.5, 0.6) is 0 Å². The van der Waals surface area contributed by atoms with Gasteiger partial charge < -0.3 is 4.42 Å². The molecule has 0 spiro atoms. The molecule has 0 fully saturated rings. The summed E-state index contributed by atoms with van der Waals surface area (Å²) in [4.78, 5) is 4.43. The van der Waals surface area contributed by atoms with Gasteiger partial charge in [-0.3, -0.25) is 0 Å². The third-order valence-corrected chi connectivity index (χ3v) is 2.98. The molecule has 18 heavy (non-hydrogen) atoms. The Morgan fingerprint density at radius 2 is 1.83 bits per heavy atom. The van der Waals surface area contributed by atoms with E-state index in [4.69, 9.17) is 4.42 Å². The number of aromatic nitrogens is 1. The summed E-state index contributed by atoms with van der Waals surface area (Å²) in [6.07, 6.45) is 1.65. The fourth-order valence-electron chi connectivity index (χ4n) is 1.89. The Morgan fingerprint density at radius 3 is 2.39 bits per heavy atom. The summed E-state index contributed by atoms with van der Waals surface area (Å²) in [5.74, 6) is 0.842. The molecule has 0 aliphatic rings. The minimum Gasteiger partial charge on any atom is -0.444 e. The average molecular weight is 247 g/mol. The normalized spacial score (nSPS) is 11.5. The van der Waals surface area contributed by atoms with Crippen molar-refractivity contribution in [2.24, 2.45) is 0 Å². The van der Waals surface area contributed by atoms with Crippen LogP contribution in [0.15, 0.2) is 28.9 Å². The highest BCUT2D eigenvalue weighted by Crippen LogP contribution is 2.30. The van der Waals surface area contributed by atoms with E-state index in [1.54, 1.807) is 12.3 Å². The fourth-order valence-corrected chi connectivity index (χ4v) is 1.89. The van der Waals surface area contributed by atoms with Gasteiger partial charge in [-0.15, -0.1) is 0 Å². The predicted molar refractivity (Wildman–Crippen MR) is 70.1 cm³/mol. The van der Waals surface area contributed by atoms with Gasteiger partial charge in [0, 0.05) is 5.56 Å². The van der Waals surface area contributed by atoms with Crippen molar-refractivity contribution < 1.29 is 8.81 Å². The zero-order valence-electron chi connectivity index (χ0n) is 11.2. The van der Waals surface area contributed by atoms with Crippen molar-refractivity contribution in [3.63, 3.8) is 0 Å². The van der Waals surface area contributed by atoms with E-state index in [2.05, 4.69) is 32.7 Å². The number of nitrogens with zero attached hydrogens (tertiary/aromatic N) is 1. The zero-order valence-corrected chi connectivity index (χ0v) is 11.2. The zero-order chi connectivity index (χ0) is 13.3. The van der Waals surface area contributed by atoms with Crippen LogP contribution in [0.3, 0.4) is 0 Å². The van der Waals surface area contributed by atoms with E-state index < -0.39 is 0 Å². The van der Waals surface area contributed by atoms with Gasteiger partial charge in [0.2, 0.25) is 5.89 Å². The summed E-state index contributed by atoms with van der Waals surface area (Å²) < 4.78 is 18.9. The highest BCUT2D eigenvalue weighted by molar-refractivity contribution is 5.60. The molecule has 0 saturated carbocycles. The second-order valence-electron chi connectivity index (χ2n) is 5.12. The standard InChI is InChI=1S/C15H18FNO/c1-9(2)12-6-5-11(16)7-13(12)15-17-14(8-18-15)10(3)4/h5-10H,1-4H3. The fraction of sp³-hybridized carbons (Fsp3) is 0.400. The molecule has 3 heteroatoms. The number of hydrogen-bond acceptors (Lipinski definition) is 2. The van der Waals surface area contributed by atoms with Gasteiger partial charge in [0.25, 0.3) is 0 Å². The molecule has 2 rings (SSSR count). The van der Waals surface area contributed by atoms with Crippen molar-refractivity contribution in [1.82, 2.24) is 4.98 Å². The molecule has 1 aromatic heterocycles. The molecule has 0 amide bonds. The Balaban J connectivity index is 2.51. The predicted octanol–water partition coefficient (Wildman–Crippen LogP) is 4.73. The first-order chi connectivity index (χ1) is 8.49. The lowest BCUT2D eigenvalue weighted by molar-refractivity contribution is 0.567. The van der Waals surface area contributed by atoms with Crippen molar-refractivity contribution >= 4 is 0 Å². The SMILES string of the molecule is CC(C)c1coc(-c2cc(F)ccc2C(C)C)n1. The lowest BCUT2D eigenvalue weighted by Crippen LogP contribution is -1.94. The van der Waals surface area contributed by atoms with Gasteiger partial charge >= 0.3 is 0 Å². The molecular formula is C15H18FNO. The summed E-state index contributed by atoms with van der Waals surface area (Å²) >= 11 is 0. The molecule has 1 aromatic carbocycles. The maximum absolute atomic E-state index is 13.4. The first kappa shape index (κ1) is 12.8. The molecule has 0 bridgehead atoms. The van der Waals surface area contributed by atoms with E-state index in [-0.39, 0.29) is 5.82 Å². The lowest BCUT2D eigenvalue weighted by Gasteiger charge is -2.10. The van der Waals surface area contributed by atoms with Crippen molar-refractivity contribution in [3.8, 4) is 11.5 Å². The monoisotopic (exact) mass is 247 g/mol. The van der Waals surface area contributed by atoms with E-state index in [0.717, 1.165) is 16.8 Å². The van der Waals surface area contributed by atoms with Gasteiger partial charge in [0.15, 0.2) is 0 Å². The van der Waals surface area contributed by atoms with Gasteiger partial charge in [0.05, 0.1) is 5.69 Å². The molecule has 0 atom stereocenters. The largest absolute Gasteiger partial charge is 0.444 e. The van der Waals surface area contributed by atoms with E-state index in [1.807, 2.05) is 0 Å². The first-order valence-electron chi connectivity index (χ1n) is 6.24. The summed E-state index contributed by atoms with van der Waals surface area (Å²) in [5.41, 5.74) is 2.69. The van der Waals surface area contributed by atoms with Crippen molar-refractivity contribution in [1.29, 1.82) is 0 Å². The summed E-state index contributed by atoms with van der Waals surface area (Å²) in [7, 11) is 0. The minimum absolute atomic E-state index is 0.265. The Bertz CT molecular complexity index is 543. The second kappa shape index (κ2) is 4.92. The third kappa shape index (κ3) is 2.45. The smallest absolute Gasteiger partial charge is 0.226 e. The van der Waals surface area contributed by atoms with Gasteiger partial charge in [-0.25, -0.2) is 9.37 Å². The Hall–Kier alpha value is -1.64. The molecular weight excluding hydrogens is 229 g/mol. The van der Waals surface area contributed by atoms with Crippen LogP contribution in [-0.4, -0.2) is 4.98 Å². The quantitative estimate of drug-likeness (QED) is 0.783. The van der Waals surface area contributed by atoms with Crippen LogP contribution in [0.2, 0.25) is 0 Å². The Morgan fingerprint density at radius 1 is 1.11 bits per heavy atom. The molecule has 2 aromatic rings. The van der Waals surface area contributed by atoms with Crippen molar-refractivity contribution in [3.05, 3.63) is 41.5 Å². The van der Waals surface area contributed by atoms with Crippen LogP contribution in [-0.2, 0) is 0 Å². The second-order valence-corrected chi connectivity index (χ2v) is 5.12. The molecule has 0 aliphatic carbocycles. The third-order valence-electron chi connectivity index (χ3n) is 2.98. The number of benzene rings is 1. The molecule has 0 aliphatic heterocycles. The van der Waals surface area contributed by atoms with E-state index in [1.165, 1.54) is 12.1 Å². The van der Waals surface area contributed by atoms with Gasteiger partial charge in [-0.2, -0.15) is 0 Å². The number of oxazole rings is 1. The Kier molecular flexibility index (Phi) is 3.50.